The highest BCUT2D eigenvalue weighted by atomic mass is 16.6. The number of allylic oxidation sites excluding steroid dienone is 1. The van der Waals surface area contributed by atoms with Crippen molar-refractivity contribution in [3.05, 3.63) is 52.3 Å². The van der Waals surface area contributed by atoms with E-state index in [0.29, 0.717) is 0 Å². The summed E-state index contributed by atoms with van der Waals surface area (Å²) in [6, 6.07) is 6.63. The molecule has 0 heterocycles. The van der Waals surface area contributed by atoms with E-state index in [1.54, 1.807) is 18.2 Å². The highest BCUT2D eigenvalue weighted by molar-refractivity contribution is 5.34. The van der Waals surface area contributed by atoms with Gasteiger partial charge in [0, 0.05) is 12.1 Å². The van der Waals surface area contributed by atoms with Crippen molar-refractivity contribution in [3.8, 4) is 0 Å². The highest BCUT2D eigenvalue weighted by Crippen LogP contribution is 2.14. The minimum Gasteiger partial charge on any atom is -0.516 e. The molecule has 1 aromatic rings. The molecule has 0 saturated carbocycles. The van der Waals surface area contributed by atoms with E-state index >= 15 is 0 Å². The standard InChI is InChI=1S/C11H13NO3/c13-8-3-1-2-5-10-6-4-7-11(9-10)12(14)15/h3-4,6-9,13H,1-2,5H2. The lowest BCUT2D eigenvalue weighted by molar-refractivity contribution is -0.384. The van der Waals surface area contributed by atoms with Crippen LogP contribution in [0.15, 0.2) is 36.6 Å². The zero-order valence-electron chi connectivity index (χ0n) is 8.30. The Bertz CT molecular complexity index is 361. The van der Waals surface area contributed by atoms with Gasteiger partial charge in [0.1, 0.15) is 0 Å². The summed E-state index contributed by atoms with van der Waals surface area (Å²) in [4.78, 5) is 10.1. The first kappa shape index (κ1) is 11.2. The fourth-order valence-corrected chi connectivity index (χ4v) is 1.32. The molecular formula is C11H13NO3. The molecule has 1 rings (SSSR count). The van der Waals surface area contributed by atoms with Crippen molar-refractivity contribution in [1.29, 1.82) is 0 Å². The summed E-state index contributed by atoms with van der Waals surface area (Å²) in [7, 11) is 0. The van der Waals surface area contributed by atoms with Gasteiger partial charge in [0.05, 0.1) is 11.2 Å². The average molecular weight is 207 g/mol. The van der Waals surface area contributed by atoms with Gasteiger partial charge in [-0.05, 0) is 24.8 Å². The molecule has 80 valence electrons. The van der Waals surface area contributed by atoms with Crippen LogP contribution in [0.2, 0.25) is 0 Å². The van der Waals surface area contributed by atoms with E-state index in [4.69, 9.17) is 5.11 Å². The van der Waals surface area contributed by atoms with Crippen LogP contribution in [0, 0.1) is 10.1 Å². The number of nitrogens with zero attached hydrogens (tertiary/aromatic N) is 1. The topological polar surface area (TPSA) is 63.4 Å². The lowest BCUT2D eigenvalue weighted by atomic mass is 10.1. The van der Waals surface area contributed by atoms with Gasteiger partial charge in [0.25, 0.3) is 5.69 Å². The second kappa shape index (κ2) is 5.80. The number of aliphatic hydroxyl groups is 1. The maximum absolute atomic E-state index is 10.5. The Morgan fingerprint density at radius 2 is 2.27 bits per heavy atom. The predicted octanol–water partition coefficient (Wildman–Crippen LogP) is 2.99. The first-order valence-corrected chi connectivity index (χ1v) is 4.76. The number of unbranched alkanes of at least 4 members (excludes halogenated alkanes) is 1. The number of aryl methyl sites for hydroxylation is 1. The van der Waals surface area contributed by atoms with Crippen molar-refractivity contribution >= 4 is 5.69 Å². The largest absolute Gasteiger partial charge is 0.516 e. The van der Waals surface area contributed by atoms with Gasteiger partial charge in [0.15, 0.2) is 0 Å². The molecule has 0 amide bonds. The molecule has 0 unspecified atom stereocenters. The fourth-order valence-electron chi connectivity index (χ4n) is 1.32. The Morgan fingerprint density at radius 3 is 2.93 bits per heavy atom. The normalized spacial score (nSPS) is 10.7. The summed E-state index contributed by atoms with van der Waals surface area (Å²) >= 11 is 0. The van der Waals surface area contributed by atoms with Crippen molar-refractivity contribution in [2.45, 2.75) is 19.3 Å². The number of rotatable bonds is 5. The number of hydrogen-bond donors (Lipinski definition) is 1. The van der Waals surface area contributed by atoms with Crippen LogP contribution in [0.3, 0.4) is 0 Å². The quantitative estimate of drug-likeness (QED) is 0.349. The van der Waals surface area contributed by atoms with Gasteiger partial charge in [-0.3, -0.25) is 10.1 Å². The molecule has 0 aliphatic carbocycles. The van der Waals surface area contributed by atoms with Crippen molar-refractivity contribution in [1.82, 2.24) is 0 Å². The third-order valence-corrected chi connectivity index (χ3v) is 2.06. The lowest BCUT2D eigenvalue weighted by Crippen LogP contribution is -1.90. The molecule has 0 spiro atoms. The van der Waals surface area contributed by atoms with Crippen LogP contribution in [0.1, 0.15) is 18.4 Å². The van der Waals surface area contributed by atoms with E-state index in [1.165, 1.54) is 6.07 Å². The lowest BCUT2D eigenvalue weighted by Gasteiger charge is -1.99. The third kappa shape index (κ3) is 3.81. The Labute approximate surface area is 88.0 Å². The Hall–Kier alpha value is -1.84. The van der Waals surface area contributed by atoms with Gasteiger partial charge >= 0.3 is 0 Å². The molecule has 0 aromatic heterocycles. The molecule has 0 aliphatic heterocycles. The van der Waals surface area contributed by atoms with Crippen molar-refractivity contribution in [2.75, 3.05) is 0 Å². The first-order chi connectivity index (χ1) is 7.24. The number of hydrogen-bond acceptors (Lipinski definition) is 3. The van der Waals surface area contributed by atoms with Crippen LogP contribution >= 0.6 is 0 Å². The van der Waals surface area contributed by atoms with Gasteiger partial charge in [-0.25, -0.2) is 0 Å². The van der Waals surface area contributed by atoms with E-state index < -0.39 is 4.92 Å². The van der Waals surface area contributed by atoms with Crippen molar-refractivity contribution in [2.24, 2.45) is 0 Å². The van der Waals surface area contributed by atoms with Crippen LogP contribution < -0.4 is 0 Å². The minimum absolute atomic E-state index is 0.130. The van der Waals surface area contributed by atoms with Crippen molar-refractivity contribution < 1.29 is 10.0 Å². The van der Waals surface area contributed by atoms with Gasteiger partial charge in [-0.1, -0.05) is 18.2 Å². The molecule has 4 nitrogen and oxygen atoms in total. The first-order valence-electron chi connectivity index (χ1n) is 4.76. The number of non-ortho nitro benzene ring substituents is 1. The molecule has 0 saturated heterocycles. The molecule has 4 heteroatoms. The molecular weight excluding hydrogens is 194 g/mol. The molecule has 1 aromatic carbocycles. The van der Waals surface area contributed by atoms with Crippen LogP contribution in [0.4, 0.5) is 5.69 Å². The molecule has 0 atom stereocenters. The second-order valence-corrected chi connectivity index (χ2v) is 3.20. The summed E-state index contributed by atoms with van der Waals surface area (Å²) < 4.78 is 0. The van der Waals surface area contributed by atoms with Gasteiger partial charge in [-0.2, -0.15) is 0 Å². The number of nitro groups is 1. The van der Waals surface area contributed by atoms with E-state index in [9.17, 15) is 10.1 Å². The monoisotopic (exact) mass is 207 g/mol. The smallest absolute Gasteiger partial charge is 0.269 e. The fraction of sp³-hybridized carbons (Fsp3) is 0.273. The Kier molecular flexibility index (Phi) is 4.34. The van der Waals surface area contributed by atoms with Gasteiger partial charge < -0.3 is 5.11 Å². The van der Waals surface area contributed by atoms with Gasteiger partial charge in [-0.15, -0.1) is 0 Å². The van der Waals surface area contributed by atoms with Crippen molar-refractivity contribution in [3.63, 3.8) is 0 Å². The molecule has 15 heavy (non-hydrogen) atoms. The average Bonchev–Trinajstić information content (AvgIpc) is 2.25. The number of nitro benzene ring substituents is 1. The Morgan fingerprint density at radius 1 is 1.47 bits per heavy atom. The summed E-state index contributed by atoms with van der Waals surface area (Å²) in [5, 5.41) is 18.9. The number of aliphatic hydroxyl groups excluding tert-OH is 1. The molecule has 0 aliphatic rings. The van der Waals surface area contributed by atoms with E-state index in [2.05, 4.69) is 0 Å². The minimum atomic E-state index is -0.392. The summed E-state index contributed by atoms with van der Waals surface area (Å²) in [5.74, 6) is 0. The maximum Gasteiger partial charge on any atom is 0.269 e. The van der Waals surface area contributed by atoms with E-state index in [-0.39, 0.29) is 5.69 Å². The third-order valence-electron chi connectivity index (χ3n) is 2.06. The van der Waals surface area contributed by atoms with E-state index in [0.717, 1.165) is 31.1 Å². The summed E-state index contributed by atoms with van der Waals surface area (Å²) in [6.45, 7) is 0. The molecule has 0 bridgehead atoms. The van der Waals surface area contributed by atoms with Crippen LogP contribution in [0.25, 0.3) is 0 Å². The van der Waals surface area contributed by atoms with Crippen LogP contribution in [-0.2, 0) is 6.42 Å². The molecule has 0 fully saturated rings. The SMILES string of the molecule is O=[N+]([O-])c1cccc(CCCC=CO)c1. The highest BCUT2D eigenvalue weighted by Gasteiger charge is 2.04. The van der Waals surface area contributed by atoms with Gasteiger partial charge in [0.2, 0.25) is 0 Å². The second-order valence-electron chi connectivity index (χ2n) is 3.20. The Balaban J connectivity index is 2.54. The zero-order chi connectivity index (χ0) is 11.1. The van der Waals surface area contributed by atoms with Crippen LogP contribution in [0.5, 0.6) is 0 Å². The predicted molar refractivity (Wildman–Crippen MR) is 57.8 cm³/mol. The summed E-state index contributed by atoms with van der Waals surface area (Å²) in [6.07, 6.45) is 5.12. The maximum atomic E-state index is 10.5. The number of benzene rings is 1. The molecule has 1 N–H and O–H groups in total. The zero-order valence-corrected chi connectivity index (χ0v) is 8.30. The molecule has 0 radical (unpaired) electrons. The van der Waals surface area contributed by atoms with E-state index in [1.807, 2.05) is 6.07 Å². The summed E-state index contributed by atoms with van der Waals surface area (Å²) in [5.41, 5.74) is 1.08. The van der Waals surface area contributed by atoms with Crippen LogP contribution in [-0.4, -0.2) is 10.0 Å².